The summed E-state index contributed by atoms with van der Waals surface area (Å²) in [5.41, 5.74) is -5.37. The Morgan fingerprint density at radius 3 is 2.03 bits per heavy atom. The zero-order chi connectivity index (χ0) is 29.6. The van der Waals surface area contributed by atoms with E-state index in [2.05, 4.69) is 10.1 Å². The summed E-state index contributed by atoms with van der Waals surface area (Å²) in [6.45, 7) is 1.08. The first-order chi connectivity index (χ1) is 17.8. The van der Waals surface area contributed by atoms with Gasteiger partial charge in [-0.05, 0) is 41.0 Å². The molecule has 2 aromatic rings. The minimum absolute atomic E-state index is 0.0360. The average molecular weight is 581 g/mol. The molecule has 1 aliphatic heterocycles. The van der Waals surface area contributed by atoms with Gasteiger partial charge in [0.2, 0.25) is 5.91 Å². The van der Waals surface area contributed by atoms with Crippen LogP contribution in [0.25, 0.3) is 0 Å². The smallest absolute Gasteiger partial charge is 0.407 e. The molecule has 1 N–H and O–H groups in total. The van der Waals surface area contributed by atoms with Gasteiger partial charge in [-0.25, -0.2) is 8.42 Å². The fourth-order valence-electron chi connectivity index (χ4n) is 4.36. The van der Waals surface area contributed by atoms with Crippen LogP contribution in [-0.2, 0) is 40.9 Å². The van der Waals surface area contributed by atoms with Crippen LogP contribution in [0.4, 0.5) is 32.0 Å². The third kappa shape index (κ3) is 5.58. The van der Waals surface area contributed by atoms with Crippen LogP contribution >= 0.6 is 0 Å². The molecule has 0 spiro atoms. The van der Waals surface area contributed by atoms with Crippen LogP contribution in [0.5, 0.6) is 0 Å². The lowest BCUT2D eigenvalue weighted by molar-refractivity contribution is -0.304. The number of halogens is 6. The second-order valence-electron chi connectivity index (χ2n) is 8.90. The topological polar surface area (TPSA) is 110 Å². The minimum atomic E-state index is -5.93. The van der Waals surface area contributed by atoms with Gasteiger partial charge in [-0.15, -0.1) is 0 Å². The number of ether oxygens (including phenoxy) is 1. The Hall–Kier alpha value is -3.62. The molecule has 0 saturated carbocycles. The van der Waals surface area contributed by atoms with Crippen LogP contribution in [0.1, 0.15) is 36.1 Å². The fraction of sp³-hybridized carbons (Fsp3) is 0.375. The number of methoxy groups -OCH3 is 1. The molecule has 0 saturated heterocycles. The molecule has 39 heavy (non-hydrogen) atoms. The number of rotatable bonds is 6. The Balaban J connectivity index is 1.97. The van der Waals surface area contributed by atoms with Gasteiger partial charge in [-0.2, -0.15) is 26.3 Å². The Morgan fingerprint density at radius 1 is 1.00 bits per heavy atom. The molecule has 0 radical (unpaired) electrons. The van der Waals surface area contributed by atoms with Crippen LogP contribution in [-0.4, -0.2) is 56.8 Å². The fourth-order valence-corrected chi connectivity index (χ4v) is 5.03. The SMILES string of the molecule is COC(=O)CC(c1ccc(NC(=O)[C@@H]2c3ccc(S(C)(=O)=O)cc3CN2C(C)=O)cc1)(C(F)(F)F)C(F)(F)F. The summed E-state index contributed by atoms with van der Waals surface area (Å²) in [5.74, 6) is -3.10. The van der Waals surface area contributed by atoms with Gasteiger partial charge in [0.25, 0.3) is 5.91 Å². The van der Waals surface area contributed by atoms with Crippen molar-refractivity contribution in [3.8, 4) is 0 Å². The van der Waals surface area contributed by atoms with Crippen LogP contribution in [0.15, 0.2) is 47.4 Å². The van der Waals surface area contributed by atoms with Crippen LogP contribution < -0.4 is 5.32 Å². The number of hydrogen-bond donors (Lipinski definition) is 1. The normalized spacial score (nSPS) is 16.0. The van der Waals surface area contributed by atoms with Crippen LogP contribution in [0.3, 0.4) is 0 Å². The van der Waals surface area contributed by atoms with E-state index in [1.165, 1.54) is 25.1 Å². The summed E-state index contributed by atoms with van der Waals surface area (Å²) in [6, 6.07) is 5.27. The van der Waals surface area contributed by atoms with Gasteiger partial charge in [0.15, 0.2) is 15.3 Å². The number of sulfone groups is 1. The first kappa shape index (κ1) is 29.9. The van der Waals surface area contributed by atoms with Crippen molar-refractivity contribution in [3.05, 3.63) is 59.2 Å². The monoisotopic (exact) mass is 580 g/mol. The summed E-state index contributed by atoms with van der Waals surface area (Å²) in [4.78, 5) is 38.0. The molecule has 15 heteroatoms. The lowest BCUT2D eigenvalue weighted by Crippen LogP contribution is -2.55. The quantitative estimate of drug-likeness (QED) is 0.408. The van der Waals surface area contributed by atoms with Gasteiger partial charge in [-0.1, -0.05) is 18.2 Å². The van der Waals surface area contributed by atoms with Crippen molar-refractivity contribution in [3.63, 3.8) is 0 Å². The molecule has 0 aliphatic carbocycles. The molecule has 3 rings (SSSR count). The summed E-state index contributed by atoms with van der Waals surface area (Å²) in [7, 11) is -2.93. The molecule has 1 atom stereocenters. The molecule has 2 amide bonds. The number of alkyl halides is 6. The third-order valence-electron chi connectivity index (χ3n) is 6.39. The van der Waals surface area contributed by atoms with E-state index < -0.39 is 63.4 Å². The number of carbonyl (C=O) groups excluding carboxylic acids is 3. The number of hydrogen-bond acceptors (Lipinski definition) is 6. The molecule has 212 valence electrons. The number of benzene rings is 2. The van der Waals surface area contributed by atoms with E-state index in [1.807, 2.05) is 0 Å². The second kappa shape index (κ2) is 10.2. The van der Waals surface area contributed by atoms with Gasteiger partial charge >= 0.3 is 18.3 Å². The number of carbonyl (C=O) groups is 3. The molecule has 0 unspecified atom stereocenters. The standard InChI is InChI=1S/C24H22F6N2O6S/c1-13(33)32-12-14-10-17(39(3,36)37)8-9-18(14)20(32)21(35)31-16-6-4-15(5-7-16)22(23(25,26)27,24(28,29)30)11-19(34)38-2/h4-10,20H,11-12H2,1-3H3,(H,31,35)/t20-/m0/s1. The Bertz CT molecular complexity index is 1390. The van der Waals surface area contributed by atoms with Crippen molar-refractivity contribution < 1.29 is 53.9 Å². The molecule has 0 aromatic heterocycles. The Morgan fingerprint density at radius 2 is 1.56 bits per heavy atom. The van der Waals surface area contributed by atoms with Crippen molar-refractivity contribution in [1.82, 2.24) is 4.90 Å². The van der Waals surface area contributed by atoms with E-state index in [0.717, 1.165) is 23.3 Å². The Kier molecular flexibility index (Phi) is 7.80. The number of nitrogens with zero attached hydrogens (tertiary/aromatic N) is 1. The summed E-state index contributed by atoms with van der Waals surface area (Å²) < 4.78 is 111. The van der Waals surface area contributed by atoms with Gasteiger partial charge in [0.05, 0.1) is 18.4 Å². The van der Waals surface area contributed by atoms with E-state index in [-0.39, 0.29) is 17.1 Å². The molecule has 0 fully saturated rings. The number of amides is 2. The molecular formula is C24H22F6N2O6S. The number of esters is 1. The molecule has 0 bridgehead atoms. The largest absolute Gasteiger partial charge is 0.469 e. The third-order valence-corrected chi connectivity index (χ3v) is 7.50. The van der Waals surface area contributed by atoms with Gasteiger partial charge in [0.1, 0.15) is 6.04 Å². The van der Waals surface area contributed by atoms with Crippen molar-refractivity contribution >= 4 is 33.3 Å². The number of anilines is 1. The zero-order valence-corrected chi connectivity index (χ0v) is 21.4. The van der Waals surface area contributed by atoms with Gasteiger partial charge in [0, 0.05) is 25.4 Å². The minimum Gasteiger partial charge on any atom is -0.469 e. The highest BCUT2D eigenvalue weighted by molar-refractivity contribution is 7.90. The average Bonchev–Trinajstić information content (AvgIpc) is 3.20. The van der Waals surface area contributed by atoms with E-state index in [4.69, 9.17) is 0 Å². The molecular weight excluding hydrogens is 558 g/mol. The Labute approximate surface area is 218 Å². The highest BCUT2D eigenvalue weighted by Gasteiger charge is 2.72. The van der Waals surface area contributed by atoms with Crippen molar-refractivity contribution in [2.24, 2.45) is 0 Å². The van der Waals surface area contributed by atoms with E-state index in [9.17, 15) is 49.1 Å². The first-order valence-corrected chi connectivity index (χ1v) is 12.9. The number of fused-ring (bicyclic) bond motifs is 1. The maximum atomic E-state index is 13.9. The van der Waals surface area contributed by atoms with Gasteiger partial charge in [-0.3, -0.25) is 14.4 Å². The first-order valence-electron chi connectivity index (χ1n) is 11.0. The highest BCUT2D eigenvalue weighted by Crippen LogP contribution is 2.54. The molecule has 1 heterocycles. The zero-order valence-electron chi connectivity index (χ0n) is 20.6. The van der Waals surface area contributed by atoms with Crippen molar-refractivity contribution in [2.75, 3.05) is 18.7 Å². The number of nitrogens with one attached hydrogen (secondary N) is 1. The summed E-state index contributed by atoms with van der Waals surface area (Å²) in [5, 5.41) is 2.36. The second-order valence-corrected chi connectivity index (χ2v) is 10.9. The van der Waals surface area contributed by atoms with E-state index in [1.54, 1.807) is 0 Å². The predicted octanol–water partition coefficient (Wildman–Crippen LogP) is 4.06. The van der Waals surface area contributed by atoms with Gasteiger partial charge < -0.3 is 15.0 Å². The lowest BCUT2D eigenvalue weighted by Gasteiger charge is -2.37. The van der Waals surface area contributed by atoms with Crippen molar-refractivity contribution in [2.45, 2.75) is 48.6 Å². The molecule has 1 aliphatic rings. The predicted molar refractivity (Wildman–Crippen MR) is 124 cm³/mol. The summed E-state index contributed by atoms with van der Waals surface area (Å²) in [6.07, 6.45) is -12.9. The molecule has 2 aromatic carbocycles. The van der Waals surface area contributed by atoms with E-state index >= 15 is 0 Å². The summed E-state index contributed by atoms with van der Waals surface area (Å²) >= 11 is 0. The highest BCUT2D eigenvalue weighted by atomic mass is 32.2. The maximum Gasteiger partial charge on any atom is 0.407 e. The lowest BCUT2D eigenvalue weighted by atomic mass is 9.76. The van der Waals surface area contributed by atoms with Crippen molar-refractivity contribution in [1.29, 1.82) is 0 Å². The van der Waals surface area contributed by atoms with Crippen LogP contribution in [0.2, 0.25) is 0 Å². The maximum absolute atomic E-state index is 13.9. The molecule has 8 nitrogen and oxygen atoms in total. The van der Waals surface area contributed by atoms with Crippen LogP contribution in [0, 0.1) is 0 Å². The van der Waals surface area contributed by atoms with E-state index in [0.29, 0.717) is 30.4 Å².